The van der Waals surface area contributed by atoms with E-state index in [-0.39, 0.29) is 0 Å². The lowest BCUT2D eigenvalue weighted by Crippen LogP contribution is -2.02. The molecule has 0 aliphatic heterocycles. The van der Waals surface area contributed by atoms with Gasteiger partial charge in [0.1, 0.15) is 12.1 Å². The van der Waals surface area contributed by atoms with E-state index in [9.17, 15) is 4.79 Å². The first kappa shape index (κ1) is 12.8. The van der Waals surface area contributed by atoms with Crippen LogP contribution in [0.15, 0.2) is 12.1 Å². The van der Waals surface area contributed by atoms with Gasteiger partial charge in [-0.1, -0.05) is 20.8 Å². The van der Waals surface area contributed by atoms with Crippen molar-refractivity contribution >= 4 is 17.3 Å². The topological polar surface area (TPSA) is 34.9 Å². The molecule has 2 rings (SSSR count). The van der Waals surface area contributed by atoms with E-state index in [2.05, 4.69) is 30.3 Å². The molecule has 3 nitrogen and oxygen atoms in total. The Kier molecular flexibility index (Phi) is 3.50. The number of aromatic nitrogens is 2. The van der Waals surface area contributed by atoms with Crippen LogP contribution < -0.4 is 0 Å². The molecular formula is C15H20N2O. The lowest BCUT2D eigenvalue weighted by atomic mass is 9.99. The minimum Gasteiger partial charge on any atom is -0.328 e. The molecule has 0 amide bonds. The molecule has 0 atom stereocenters. The fourth-order valence-corrected chi connectivity index (χ4v) is 2.44. The second kappa shape index (κ2) is 4.92. The van der Waals surface area contributed by atoms with Gasteiger partial charge < -0.3 is 4.57 Å². The standard InChI is InChI=1S/C15H20N2O/c1-5-6-17-11(4)16-14-8-12(9-18)7-13(10(2)3)15(14)17/h7-10H,5-6H2,1-4H3. The maximum absolute atomic E-state index is 11.0. The Morgan fingerprint density at radius 3 is 2.67 bits per heavy atom. The van der Waals surface area contributed by atoms with Crippen LogP contribution in [0.4, 0.5) is 0 Å². The van der Waals surface area contributed by atoms with E-state index in [0.29, 0.717) is 11.5 Å². The van der Waals surface area contributed by atoms with Gasteiger partial charge in [-0.2, -0.15) is 0 Å². The van der Waals surface area contributed by atoms with Gasteiger partial charge in [0, 0.05) is 12.1 Å². The van der Waals surface area contributed by atoms with Crippen LogP contribution in [0.25, 0.3) is 11.0 Å². The maximum Gasteiger partial charge on any atom is 0.150 e. The molecule has 0 saturated heterocycles. The SMILES string of the molecule is CCCn1c(C)nc2cc(C=O)cc(C(C)C)c21. The minimum atomic E-state index is 0.388. The van der Waals surface area contributed by atoms with E-state index >= 15 is 0 Å². The van der Waals surface area contributed by atoms with Crippen LogP contribution >= 0.6 is 0 Å². The Balaban J connectivity index is 2.79. The Labute approximate surface area is 108 Å². The summed E-state index contributed by atoms with van der Waals surface area (Å²) in [4.78, 5) is 15.6. The van der Waals surface area contributed by atoms with Crippen molar-refractivity contribution in [2.24, 2.45) is 0 Å². The molecule has 1 heterocycles. The number of carbonyl (C=O) groups is 1. The number of carbonyl (C=O) groups excluding carboxylic acids is 1. The summed E-state index contributed by atoms with van der Waals surface area (Å²) >= 11 is 0. The van der Waals surface area contributed by atoms with E-state index in [1.807, 2.05) is 19.1 Å². The van der Waals surface area contributed by atoms with Crippen molar-refractivity contribution in [2.45, 2.75) is 46.6 Å². The second-order valence-electron chi connectivity index (χ2n) is 5.06. The molecule has 1 aromatic carbocycles. The summed E-state index contributed by atoms with van der Waals surface area (Å²) in [5.41, 5.74) is 4.06. The summed E-state index contributed by atoms with van der Waals surface area (Å²) < 4.78 is 2.26. The molecule has 0 saturated carbocycles. The number of aryl methyl sites for hydroxylation is 2. The van der Waals surface area contributed by atoms with Crippen molar-refractivity contribution in [3.8, 4) is 0 Å². The van der Waals surface area contributed by atoms with Crippen molar-refractivity contribution in [1.29, 1.82) is 0 Å². The van der Waals surface area contributed by atoms with Crippen LogP contribution in [0.3, 0.4) is 0 Å². The van der Waals surface area contributed by atoms with E-state index in [1.165, 1.54) is 11.1 Å². The summed E-state index contributed by atoms with van der Waals surface area (Å²) in [6.07, 6.45) is 1.98. The third-order valence-electron chi connectivity index (χ3n) is 3.29. The molecule has 0 aliphatic carbocycles. The maximum atomic E-state index is 11.0. The van der Waals surface area contributed by atoms with Gasteiger partial charge in [0.25, 0.3) is 0 Å². The highest BCUT2D eigenvalue weighted by Crippen LogP contribution is 2.28. The fraction of sp³-hybridized carbons (Fsp3) is 0.467. The molecule has 3 heteroatoms. The van der Waals surface area contributed by atoms with Gasteiger partial charge in [0.05, 0.1) is 11.0 Å². The monoisotopic (exact) mass is 244 g/mol. The van der Waals surface area contributed by atoms with Gasteiger partial charge >= 0.3 is 0 Å². The van der Waals surface area contributed by atoms with Crippen molar-refractivity contribution in [2.75, 3.05) is 0 Å². The highest BCUT2D eigenvalue weighted by molar-refractivity contribution is 5.88. The largest absolute Gasteiger partial charge is 0.328 e. The molecule has 0 radical (unpaired) electrons. The lowest BCUT2D eigenvalue weighted by Gasteiger charge is -2.12. The van der Waals surface area contributed by atoms with Gasteiger partial charge in [-0.3, -0.25) is 4.79 Å². The van der Waals surface area contributed by atoms with Gasteiger partial charge in [-0.15, -0.1) is 0 Å². The van der Waals surface area contributed by atoms with Crippen LogP contribution in [-0.4, -0.2) is 15.8 Å². The third-order valence-corrected chi connectivity index (χ3v) is 3.29. The fourth-order valence-electron chi connectivity index (χ4n) is 2.44. The number of benzene rings is 1. The van der Waals surface area contributed by atoms with Gasteiger partial charge in [0.2, 0.25) is 0 Å². The van der Waals surface area contributed by atoms with E-state index in [1.54, 1.807) is 0 Å². The number of aldehydes is 1. The zero-order chi connectivity index (χ0) is 13.3. The summed E-state index contributed by atoms with van der Waals surface area (Å²) in [6.45, 7) is 9.48. The predicted octanol–water partition coefficient (Wildman–Crippen LogP) is 3.69. The average molecular weight is 244 g/mol. The molecule has 2 aromatic rings. The van der Waals surface area contributed by atoms with Crippen molar-refractivity contribution < 1.29 is 4.79 Å². The summed E-state index contributed by atoms with van der Waals surface area (Å²) in [5, 5.41) is 0. The van der Waals surface area contributed by atoms with Crippen LogP contribution in [-0.2, 0) is 6.54 Å². The quantitative estimate of drug-likeness (QED) is 0.769. The first-order valence-corrected chi connectivity index (χ1v) is 6.54. The van der Waals surface area contributed by atoms with Crippen LogP contribution in [0, 0.1) is 6.92 Å². The zero-order valence-corrected chi connectivity index (χ0v) is 11.5. The van der Waals surface area contributed by atoms with E-state index in [0.717, 1.165) is 30.6 Å². The van der Waals surface area contributed by atoms with Gasteiger partial charge in [0.15, 0.2) is 0 Å². The number of imidazole rings is 1. The van der Waals surface area contributed by atoms with Gasteiger partial charge in [-0.25, -0.2) is 4.98 Å². The van der Waals surface area contributed by atoms with E-state index < -0.39 is 0 Å². The molecule has 0 fully saturated rings. The third kappa shape index (κ3) is 2.05. The summed E-state index contributed by atoms with van der Waals surface area (Å²) in [6, 6.07) is 3.88. The number of hydrogen-bond acceptors (Lipinski definition) is 2. The first-order chi connectivity index (χ1) is 8.58. The van der Waals surface area contributed by atoms with Crippen LogP contribution in [0.2, 0.25) is 0 Å². The number of nitrogens with zero attached hydrogens (tertiary/aromatic N) is 2. The van der Waals surface area contributed by atoms with E-state index in [4.69, 9.17) is 0 Å². The molecule has 0 spiro atoms. The molecule has 0 N–H and O–H groups in total. The minimum absolute atomic E-state index is 0.388. The highest BCUT2D eigenvalue weighted by atomic mass is 16.1. The van der Waals surface area contributed by atoms with Crippen molar-refractivity contribution in [1.82, 2.24) is 9.55 Å². The number of fused-ring (bicyclic) bond motifs is 1. The summed E-state index contributed by atoms with van der Waals surface area (Å²) in [5.74, 6) is 1.41. The molecule has 0 bridgehead atoms. The lowest BCUT2D eigenvalue weighted by molar-refractivity contribution is 0.112. The molecule has 0 aliphatic rings. The Morgan fingerprint density at radius 2 is 2.11 bits per heavy atom. The normalized spacial score (nSPS) is 11.4. The molecule has 0 unspecified atom stereocenters. The van der Waals surface area contributed by atoms with Crippen molar-refractivity contribution in [3.05, 3.63) is 29.1 Å². The molecule has 1 aromatic heterocycles. The Hall–Kier alpha value is -1.64. The van der Waals surface area contributed by atoms with Gasteiger partial charge in [-0.05, 0) is 37.0 Å². The molecule has 96 valence electrons. The highest BCUT2D eigenvalue weighted by Gasteiger charge is 2.14. The first-order valence-electron chi connectivity index (χ1n) is 6.54. The van der Waals surface area contributed by atoms with Crippen LogP contribution in [0.5, 0.6) is 0 Å². The number of rotatable bonds is 4. The molecular weight excluding hydrogens is 224 g/mol. The summed E-state index contributed by atoms with van der Waals surface area (Å²) in [7, 11) is 0. The predicted molar refractivity (Wildman–Crippen MR) is 74.2 cm³/mol. The zero-order valence-electron chi connectivity index (χ0n) is 11.5. The average Bonchev–Trinajstić information content (AvgIpc) is 2.65. The molecule has 18 heavy (non-hydrogen) atoms. The Morgan fingerprint density at radius 1 is 1.39 bits per heavy atom. The Bertz CT molecular complexity index is 582. The number of hydrogen-bond donors (Lipinski definition) is 0. The van der Waals surface area contributed by atoms with Crippen molar-refractivity contribution in [3.63, 3.8) is 0 Å². The smallest absolute Gasteiger partial charge is 0.150 e. The second-order valence-corrected chi connectivity index (χ2v) is 5.06. The van der Waals surface area contributed by atoms with Crippen LogP contribution in [0.1, 0.15) is 54.9 Å².